The van der Waals surface area contributed by atoms with Gasteiger partial charge in [-0.25, -0.2) is 0 Å². The maximum atomic E-state index is 12.9. The number of carboxylic acid groups (broad SMARTS) is 1. The highest BCUT2D eigenvalue weighted by molar-refractivity contribution is 7.98. The van der Waals surface area contributed by atoms with Crippen molar-refractivity contribution in [3.05, 3.63) is 52.2 Å². The first-order valence-electron chi connectivity index (χ1n) is 7.91. The summed E-state index contributed by atoms with van der Waals surface area (Å²) in [7, 11) is 0. The highest BCUT2D eigenvalue weighted by Gasteiger charge is 2.29. The van der Waals surface area contributed by atoms with Gasteiger partial charge in [0.1, 0.15) is 0 Å². The van der Waals surface area contributed by atoms with E-state index in [9.17, 15) is 14.7 Å². The lowest BCUT2D eigenvalue weighted by molar-refractivity contribution is -0.143. The third-order valence-corrected chi connectivity index (χ3v) is 6.31. The zero-order chi connectivity index (χ0) is 16.9. The van der Waals surface area contributed by atoms with Crippen LogP contribution < -0.4 is 0 Å². The fourth-order valence-electron chi connectivity index (χ4n) is 2.85. The molecule has 24 heavy (non-hydrogen) atoms. The van der Waals surface area contributed by atoms with Crippen LogP contribution in [-0.4, -0.2) is 35.0 Å². The minimum absolute atomic E-state index is 0.0600. The largest absolute Gasteiger partial charge is 0.481 e. The highest BCUT2D eigenvalue weighted by atomic mass is 32.2. The Morgan fingerprint density at radius 2 is 2.08 bits per heavy atom. The predicted molar refractivity (Wildman–Crippen MR) is 96.6 cm³/mol. The molecule has 0 spiro atoms. The Bertz CT molecular complexity index is 715. The first kappa shape index (κ1) is 17.0. The number of thioether (sulfide) groups is 1. The Kier molecular flexibility index (Phi) is 5.58. The quantitative estimate of drug-likeness (QED) is 0.819. The Hall–Kier alpha value is -1.79. The molecule has 1 aliphatic heterocycles. The van der Waals surface area contributed by atoms with Crippen LogP contribution >= 0.6 is 23.1 Å². The summed E-state index contributed by atoms with van der Waals surface area (Å²) in [6.07, 6.45) is 1.39. The van der Waals surface area contributed by atoms with Crippen molar-refractivity contribution in [1.82, 2.24) is 4.90 Å². The van der Waals surface area contributed by atoms with Crippen molar-refractivity contribution >= 4 is 35.0 Å². The smallest absolute Gasteiger partial charge is 0.308 e. The van der Waals surface area contributed by atoms with Crippen molar-refractivity contribution in [3.8, 4) is 0 Å². The molecule has 0 bridgehead atoms. The van der Waals surface area contributed by atoms with E-state index >= 15 is 0 Å². The minimum Gasteiger partial charge on any atom is -0.481 e. The van der Waals surface area contributed by atoms with Crippen molar-refractivity contribution < 1.29 is 14.7 Å². The van der Waals surface area contributed by atoms with E-state index in [2.05, 4.69) is 6.07 Å². The van der Waals surface area contributed by atoms with E-state index in [1.807, 2.05) is 35.7 Å². The summed E-state index contributed by atoms with van der Waals surface area (Å²) in [5, 5.41) is 11.3. The summed E-state index contributed by atoms with van der Waals surface area (Å²) in [5.74, 6) is -0.489. The first-order chi connectivity index (χ1) is 11.6. The third-order valence-electron chi connectivity index (χ3n) is 4.13. The number of carbonyl (C=O) groups is 2. The molecule has 1 fully saturated rings. The molecule has 0 radical (unpaired) electrons. The molecule has 1 aromatic carbocycles. The first-order valence-corrected chi connectivity index (χ1v) is 9.78. The second-order valence-corrected chi connectivity index (χ2v) is 7.84. The van der Waals surface area contributed by atoms with Gasteiger partial charge in [-0.3, -0.25) is 9.59 Å². The van der Waals surface area contributed by atoms with Gasteiger partial charge < -0.3 is 10.0 Å². The standard InChI is InChI=1S/C18H19NO3S2/c20-17(19-9-3-5-13(11-19)18(21)22)15-7-1-2-8-16(15)24-12-14-6-4-10-23-14/h1-2,4,6-8,10,13H,3,5,9,11-12H2,(H,21,22)/t13-/m0/s1. The van der Waals surface area contributed by atoms with E-state index in [1.54, 1.807) is 28.0 Å². The average molecular weight is 361 g/mol. The summed E-state index contributed by atoms with van der Waals surface area (Å²) in [6.45, 7) is 0.935. The zero-order valence-electron chi connectivity index (χ0n) is 13.2. The van der Waals surface area contributed by atoms with Gasteiger partial charge in [0, 0.05) is 28.6 Å². The summed E-state index contributed by atoms with van der Waals surface area (Å²) in [5.41, 5.74) is 0.671. The molecule has 1 N–H and O–H groups in total. The van der Waals surface area contributed by atoms with Gasteiger partial charge in [-0.1, -0.05) is 18.2 Å². The lowest BCUT2D eigenvalue weighted by Crippen LogP contribution is -2.42. The molecule has 0 aliphatic carbocycles. The van der Waals surface area contributed by atoms with Crippen LogP contribution in [0.25, 0.3) is 0 Å². The lowest BCUT2D eigenvalue weighted by atomic mass is 9.97. The molecule has 126 valence electrons. The number of likely N-dealkylation sites (tertiary alicyclic amines) is 1. The summed E-state index contributed by atoms with van der Waals surface area (Å²) in [6, 6.07) is 11.7. The number of benzene rings is 1. The van der Waals surface area contributed by atoms with Gasteiger partial charge >= 0.3 is 5.97 Å². The highest BCUT2D eigenvalue weighted by Crippen LogP contribution is 2.29. The zero-order valence-corrected chi connectivity index (χ0v) is 14.8. The van der Waals surface area contributed by atoms with Crippen LogP contribution in [0.15, 0.2) is 46.7 Å². The van der Waals surface area contributed by atoms with Gasteiger partial charge in [0.2, 0.25) is 0 Å². The van der Waals surface area contributed by atoms with Gasteiger partial charge in [0.15, 0.2) is 0 Å². The molecule has 3 rings (SSSR count). The van der Waals surface area contributed by atoms with Crippen molar-refractivity contribution in [1.29, 1.82) is 0 Å². The SMILES string of the molecule is O=C(O)[C@H]1CCCN(C(=O)c2ccccc2SCc2cccs2)C1. The second kappa shape index (κ2) is 7.85. The summed E-state index contributed by atoms with van der Waals surface area (Å²) in [4.78, 5) is 28.0. The fourth-order valence-corrected chi connectivity index (χ4v) is 4.66. The van der Waals surface area contributed by atoms with E-state index in [-0.39, 0.29) is 5.91 Å². The number of carbonyl (C=O) groups excluding carboxylic acids is 1. The van der Waals surface area contributed by atoms with E-state index in [1.165, 1.54) is 4.88 Å². The number of hydrogen-bond acceptors (Lipinski definition) is 4. The van der Waals surface area contributed by atoms with Crippen LogP contribution in [0.1, 0.15) is 28.1 Å². The second-order valence-electron chi connectivity index (χ2n) is 5.79. The van der Waals surface area contributed by atoms with Crippen LogP contribution in [0.5, 0.6) is 0 Å². The normalized spacial score (nSPS) is 17.7. The molecular formula is C18H19NO3S2. The van der Waals surface area contributed by atoms with Gasteiger partial charge in [-0.05, 0) is 36.4 Å². The Morgan fingerprint density at radius 3 is 2.83 bits per heavy atom. The Labute approximate surface area is 149 Å². The monoisotopic (exact) mass is 361 g/mol. The van der Waals surface area contributed by atoms with Crippen LogP contribution in [0, 0.1) is 5.92 Å². The summed E-state index contributed by atoms with van der Waals surface area (Å²) >= 11 is 3.36. The number of thiophene rings is 1. The molecule has 6 heteroatoms. The van der Waals surface area contributed by atoms with Crippen molar-refractivity contribution in [2.75, 3.05) is 13.1 Å². The molecule has 1 amide bonds. The Balaban J connectivity index is 1.73. The predicted octanol–water partition coefficient (Wildman–Crippen LogP) is 3.98. The summed E-state index contributed by atoms with van der Waals surface area (Å²) < 4.78 is 0. The number of carboxylic acids is 1. The number of aliphatic carboxylic acids is 1. The van der Waals surface area contributed by atoms with E-state index < -0.39 is 11.9 Å². The minimum atomic E-state index is -0.812. The molecule has 4 nitrogen and oxygen atoms in total. The van der Waals surface area contributed by atoms with Crippen LogP contribution in [0.4, 0.5) is 0 Å². The third kappa shape index (κ3) is 3.99. The molecule has 2 heterocycles. The molecule has 1 aliphatic rings. The van der Waals surface area contributed by atoms with E-state index in [0.29, 0.717) is 25.1 Å². The molecule has 1 aromatic heterocycles. The van der Waals surface area contributed by atoms with Gasteiger partial charge in [-0.2, -0.15) is 0 Å². The average Bonchev–Trinajstić information content (AvgIpc) is 3.13. The van der Waals surface area contributed by atoms with Crippen LogP contribution in [0.2, 0.25) is 0 Å². The van der Waals surface area contributed by atoms with Crippen LogP contribution in [0.3, 0.4) is 0 Å². The number of piperidine rings is 1. The van der Waals surface area contributed by atoms with Gasteiger partial charge in [-0.15, -0.1) is 23.1 Å². The van der Waals surface area contributed by atoms with Crippen molar-refractivity contribution in [2.24, 2.45) is 5.92 Å². The molecule has 2 aromatic rings. The molecule has 0 unspecified atom stereocenters. The van der Waals surface area contributed by atoms with Crippen molar-refractivity contribution in [3.63, 3.8) is 0 Å². The van der Waals surface area contributed by atoms with Crippen molar-refractivity contribution in [2.45, 2.75) is 23.5 Å². The number of rotatable bonds is 5. The molecule has 1 atom stereocenters. The number of amides is 1. The van der Waals surface area contributed by atoms with Gasteiger partial charge in [0.25, 0.3) is 5.91 Å². The molecule has 0 saturated carbocycles. The van der Waals surface area contributed by atoms with E-state index in [4.69, 9.17) is 0 Å². The van der Waals surface area contributed by atoms with Crippen LogP contribution in [-0.2, 0) is 10.5 Å². The van der Waals surface area contributed by atoms with Gasteiger partial charge in [0.05, 0.1) is 11.5 Å². The maximum Gasteiger partial charge on any atom is 0.308 e. The molecular weight excluding hydrogens is 342 g/mol. The fraction of sp³-hybridized carbons (Fsp3) is 0.333. The van der Waals surface area contributed by atoms with E-state index in [0.717, 1.165) is 17.1 Å². The topological polar surface area (TPSA) is 57.6 Å². The number of hydrogen-bond donors (Lipinski definition) is 1. The number of nitrogens with zero attached hydrogens (tertiary/aromatic N) is 1. The lowest BCUT2D eigenvalue weighted by Gasteiger charge is -2.31. The maximum absolute atomic E-state index is 12.9. The molecule has 1 saturated heterocycles. The Morgan fingerprint density at radius 1 is 1.25 bits per heavy atom.